The molecule has 0 saturated carbocycles. The topological polar surface area (TPSA) is 291 Å². The van der Waals surface area contributed by atoms with E-state index in [1.165, 1.54) is 6.07 Å². The Hall–Kier alpha value is -4.19. The number of nitrogens with zero attached hydrogens (tertiary/aromatic N) is 2. The van der Waals surface area contributed by atoms with Gasteiger partial charge in [-0.25, -0.2) is 9.59 Å². The first-order valence-corrected chi connectivity index (χ1v) is 23.7. The molecule has 0 radical (unpaired) electrons. The summed E-state index contributed by atoms with van der Waals surface area (Å²) in [5.41, 5.74) is 6.36. The molecule has 1 saturated heterocycles. The molecule has 1 aliphatic heterocycles. The maximum Gasteiger partial charge on any atom is 0.340 e. The smallest absolute Gasteiger partial charge is 0.340 e. The summed E-state index contributed by atoms with van der Waals surface area (Å²) in [6, 6.07) is 3.00. The molecular formula is C45H70N3O21S-. The van der Waals surface area contributed by atoms with Crippen molar-refractivity contribution in [3.05, 3.63) is 33.7 Å². The molecule has 25 heteroatoms. The van der Waals surface area contributed by atoms with Crippen LogP contribution in [0.5, 0.6) is 0 Å². The zero-order chi connectivity index (χ0) is 51.0. The summed E-state index contributed by atoms with van der Waals surface area (Å²) in [4.78, 5) is 77.5. The molecule has 2 heterocycles. The average molecular weight is 1020 g/mol. The number of amides is 3. The van der Waals surface area contributed by atoms with E-state index >= 15 is 0 Å². The molecule has 0 spiro atoms. The van der Waals surface area contributed by atoms with E-state index in [0.29, 0.717) is 197 Å². The number of methoxy groups -OCH3 is 1. The summed E-state index contributed by atoms with van der Waals surface area (Å²) in [6.45, 7) is 12.9. The maximum absolute atomic E-state index is 13.7. The van der Waals surface area contributed by atoms with E-state index in [4.69, 9.17) is 67.2 Å². The van der Waals surface area contributed by atoms with Gasteiger partial charge in [-0.2, -0.15) is 4.33 Å². The third-order valence-electron chi connectivity index (χ3n) is 9.88. The molecule has 0 unspecified atom stereocenters. The normalized spacial score (nSPS) is 12.5. The van der Waals surface area contributed by atoms with Gasteiger partial charge in [-0.1, -0.05) is 6.42 Å². The van der Waals surface area contributed by atoms with Crippen molar-refractivity contribution in [3.8, 4) is 0 Å². The number of nitrogen functional groups attached to an aromatic ring is 1. The van der Waals surface area contributed by atoms with E-state index in [2.05, 4.69) is 9.37 Å². The van der Waals surface area contributed by atoms with Gasteiger partial charge in [0.15, 0.2) is 0 Å². The number of aryl methyl sites for hydroxylation is 1. The van der Waals surface area contributed by atoms with Gasteiger partial charge >= 0.3 is 11.6 Å². The lowest BCUT2D eigenvalue weighted by molar-refractivity contribution is -0.777. The van der Waals surface area contributed by atoms with Gasteiger partial charge in [-0.05, 0) is 37.8 Å². The number of imide groups is 1. The fourth-order valence-electron chi connectivity index (χ4n) is 6.30. The minimum atomic E-state index is -0.695. The third kappa shape index (κ3) is 26.9. The fourth-order valence-corrected chi connectivity index (χ4v) is 6.72. The van der Waals surface area contributed by atoms with Crippen molar-refractivity contribution in [1.29, 1.82) is 0 Å². The minimum absolute atomic E-state index is 0.00585. The SMILES string of the molecule is C=O.COCCOCCOCCOCCOCCOCCOCCOCCOCCOCCCN(CCCCCC(=O)ON1C(=O)CCC1=O)C(=O)Cc1c(C)c2cc(SOO[O-])c(N)cc2oc1=O. The van der Waals surface area contributed by atoms with Gasteiger partial charge in [0.1, 0.15) is 12.4 Å². The summed E-state index contributed by atoms with van der Waals surface area (Å²) >= 11 is 0.593. The second-order valence-corrected chi connectivity index (χ2v) is 15.6. The molecule has 3 amide bonds. The number of hydrogen-bond donors (Lipinski definition) is 1. The van der Waals surface area contributed by atoms with Gasteiger partial charge in [0, 0.05) is 57.5 Å². The molecule has 2 N–H and O–H groups in total. The molecule has 0 atom stereocenters. The van der Waals surface area contributed by atoms with Gasteiger partial charge in [0.25, 0.3) is 11.8 Å². The highest BCUT2D eigenvalue weighted by molar-refractivity contribution is 7.94. The molecule has 398 valence electrons. The average Bonchev–Trinajstić information content (AvgIpc) is 3.67. The summed E-state index contributed by atoms with van der Waals surface area (Å²) in [5, 5.41) is 14.8. The van der Waals surface area contributed by atoms with Gasteiger partial charge < -0.3 is 77.3 Å². The zero-order valence-electron chi connectivity index (χ0n) is 40.3. The van der Waals surface area contributed by atoms with E-state index in [9.17, 15) is 29.2 Å². The molecule has 3 rings (SSSR count). The van der Waals surface area contributed by atoms with E-state index in [-0.39, 0.29) is 48.4 Å². The molecule has 0 aliphatic carbocycles. The van der Waals surface area contributed by atoms with Crippen molar-refractivity contribution in [2.24, 2.45) is 0 Å². The molecule has 1 aromatic heterocycles. The van der Waals surface area contributed by atoms with Gasteiger partial charge in [0.2, 0.25) is 5.91 Å². The number of rotatable bonds is 43. The van der Waals surface area contributed by atoms with Crippen LogP contribution in [0.25, 0.3) is 11.0 Å². The Morgan fingerprint density at radius 1 is 0.686 bits per heavy atom. The van der Waals surface area contributed by atoms with Gasteiger partial charge in [-0.15, -0.1) is 5.06 Å². The number of unbranched alkanes of at least 4 members (excludes halogenated alkanes) is 2. The third-order valence-corrected chi connectivity index (χ3v) is 10.5. The summed E-state index contributed by atoms with van der Waals surface area (Å²) in [5.74, 6) is -2.12. The van der Waals surface area contributed by atoms with E-state index in [1.54, 1.807) is 25.0 Å². The summed E-state index contributed by atoms with van der Waals surface area (Å²) < 4.78 is 64.3. The van der Waals surface area contributed by atoms with Crippen molar-refractivity contribution in [2.75, 3.05) is 151 Å². The quantitative estimate of drug-likeness (QED) is 0.0187. The van der Waals surface area contributed by atoms with E-state index in [0.717, 1.165) is 0 Å². The Bertz CT molecular complexity index is 1810. The second kappa shape index (κ2) is 40.4. The number of fused-ring (bicyclic) bond motifs is 1. The minimum Gasteiger partial charge on any atom is -0.691 e. The zero-order valence-corrected chi connectivity index (χ0v) is 41.1. The first-order chi connectivity index (χ1) is 34.2. The van der Waals surface area contributed by atoms with E-state index < -0.39 is 23.4 Å². The van der Waals surface area contributed by atoms with Crippen LogP contribution < -0.4 is 16.6 Å². The first-order valence-electron chi connectivity index (χ1n) is 23.0. The first kappa shape index (κ1) is 61.9. The molecule has 1 aliphatic rings. The van der Waals surface area contributed by atoms with Crippen LogP contribution in [0.1, 0.15) is 56.1 Å². The lowest BCUT2D eigenvalue weighted by Crippen LogP contribution is -2.36. The van der Waals surface area contributed by atoms with Gasteiger partial charge in [-0.3, -0.25) is 19.4 Å². The molecule has 70 heavy (non-hydrogen) atoms. The molecule has 24 nitrogen and oxygen atoms in total. The van der Waals surface area contributed by atoms with Crippen LogP contribution in [0.4, 0.5) is 5.69 Å². The fraction of sp³-hybridized carbons (Fsp3) is 0.689. The van der Waals surface area contributed by atoms with Crippen molar-refractivity contribution >= 4 is 59.2 Å². The van der Waals surface area contributed by atoms with Crippen molar-refractivity contribution in [1.82, 2.24) is 9.96 Å². The second-order valence-electron chi connectivity index (χ2n) is 14.9. The van der Waals surface area contributed by atoms with Crippen molar-refractivity contribution in [3.63, 3.8) is 0 Å². The van der Waals surface area contributed by atoms with Crippen molar-refractivity contribution in [2.45, 2.75) is 63.2 Å². The Morgan fingerprint density at radius 2 is 1.14 bits per heavy atom. The number of nitrogens with two attached hydrogens (primary N) is 1. The number of ether oxygens (including phenoxy) is 10. The standard InChI is InChI=1S/C44H69N3O20S.CH2O/c1-34-35-31-39(68-67-66-53)37(45)33-38(35)64-44(52)36(34)32-42(50)46(10-5-3-4-7-43(51)65-47-40(48)8-9-41(47)49)11-6-12-55-15-16-57-19-20-59-23-24-61-27-28-63-30-29-62-26-25-60-22-21-58-18-17-56-14-13-54-2;1-2/h31,33,53H,3-30,32,45H2,1-2H3;1H2/p-1. The van der Waals surface area contributed by atoms with E-state index in [1.807, 2.05) is 6.79 Å². The monoisotopic (exact) mass is 1020 g/mol. The summed E-state index contributed by atoms with van der Waals surface area (Å²) in [6.07, 6.45) is 1.68. The molecule has 2 aromatic rings. The van der Waals surface area contributed by atoms with Crippen LogP contribution in [0.15, 0.2) is 26.2 Å². The number of hydrogen-bond acceptors (Lipinski definition) is 23. The lowest BCUT2D eigenvalue weighted by Gasteiger charge is -2.23. The Labute approximate surface area is 411 Å². The Balaban J connectivity index is 0.00000829. The van der Waals surface area contributed by atoms with Crippen molar-refractivity contribution < 1.29 is 95.2 Å². The molecule has 1 aromatic carbocycles. The lowest BCUT2D eigenvalue weighted by atomic mass is 10.0. The van der Waals surface area contributed by atoms with Gasteiger partial charge in [0.05, 0.1) is 154 Å². The predicted octanol–water partition coefficient (Wildman–Crippen LogP) is 1.45. The number of carbonyl (C=O) groups excluding carboxylic acids is 5. The number of hydroxylamine groups is 2. The molecule has 1 fully saturated rings. The predicted molar refractivity (Wildman–Crippen MR) is 247 cm³/mol. The van der Waals surface area contributed by atoms with Crippen LogP contribution >= 0.6 is 12.0 Å². The van der Waals surface area contributed by atoms with Crippen LogP contribution in [0.3, 0.4) is 0 Å². The van der Waals surface area contributed by atoms with Crippen LogP contribution in [0.2, 0.25) is 0 Å². The highest BCUT2D eigenvalue weighted by atomic mass is 32.2. The highest BCUT2D eigenvalue weighted by Crippen LogP contribution is 2.32. The highest BCUT2D eigenvalue weighted by Gasteiger charge is 2.32. The number of benzene rings is 1. The number of carbonyl (C=O) groups is 5. The molecule has 0 bridgehead atoms. The number of anilines is 1. The molecular weight excluding hydrogens is 951 g/mol. The largest absolute Gasteiger partial charge is 0.691 e. The van der Waals surface area contributed by atoms with Crippen LogP contribution in [-0.2, 0) is 92.0 Å². The Morgan fingerprint density at radius 3 is 1.61 bits per heavy atom. The van der Waals surface area contributed by atoms with Crippen LogP contribution in [-0.4, -0.2) is 186 Å². The maximum atomic E-state index is 13.7. The summed E-state index contributed by atoms with van der Waals surface area (Å²) in [7, 11) is 1.63. The van der Waals surface area contributed by atoms with Crippen LogP contribution in [0, 0.1) is 6.92 Å². The Kier molecular flexibility index (Phi) is 35.8.